The van der Waals surface area contributed by atoms with E-state index in [1.807, 2.05) is 6.08 Å². The van der Waals surface area contributed by atoms with Crippen molar-refractivity contribution in [2.45, 2.75) is 66.7 Å². The highest BCUT2D eigenvalue weighted by Crippen LogP contribution is 2.17. The lowest BCUT2D eigenvalue weighted by Gasteiger charge is -2.11. The summed E-state index contributed by atoms with van der Waals surface area (Å²) >= 11 is 0. The first-order chi connectivity index (χ1) is 9.38. The van der Waals surface area contributed by atoms with Crippen LogP contribution in [0.4, 0.5) is 0 Å². The molecule has 0 N–H and O–H groups in total. The normalized spacial score (nSPS) is 13.4. The Labute approximate surface area is 123 Å². The van der Waals surface area contributed by atoms with E-state index in [0.717, 1.165) is 18.8 Å². The predicted octanol–water partition coefficient (Wildman–Crippen LogP) is 4.31. The first-order valence-electron chi connectivity index (χ1n) is 7.76. The summed E-state index contributed by atoms with van der Waals surface area (Å²) in [4.78, 5) is 22.9. The molecule has 116 valence electrons. The number of carbonyl (C=O) groups excluding carboxylic acids is 2. The maximum Gasteiger partial charge on any atom is 0.379 e. The molecule has 20 heavy (non-hydrogen) atoms. The Balaban J connectivity index is 3.98. The van der Waals surface area contributed by atoms with E-state index in [9.17, 15) is 9.59 Å². The zero-order valence-corrected chi connectivity index (χ0v) is 13.7. The SMILES string of the molecule is CCOC(=O)C(=O)C(C)=CCCC(C)CCCC(C)C. The minimum atomic E-state index is -0.744. The largest absolute Gasteiger partial charge is 0.460 e. The second-order valence-electron chi connectivity index (χ2n) is 5.94. The number of Topliss-reactive ketones (excluding diaryl/α,β-unsaturated/α-hetero) is 1. The van der Waals surface area contributed by atoms with E-state index in [-0.39, 0.29) is 6.61 Å². The van der Waals surface area contributed by atoms with Gasteiger partial charge in [0, 0.05) is 5.57 Å². The lowest BCUT2D eigenvalue weighted by Crippen LogP contribution is -2.18. The van der Waals surface area contributed by atoms with Crippen molar-refractivity contribution in [1.29, 1.82) is 0 Å². The fourth-order valence-corrected chi connectivity index (χ4v) is 2.05. The summed E-state index contributed by atoms with van der Waals surface area (Å²) in [5.41, 5.74) is 0.498. The molecule has 0 aromatic carbocycles. The van der Waals surface area contributed by atoms with Crippen molar-refractivity contribution in [2.24, 2.45) is 11.8 Å². The second-order valence-corrected chi connectivity index (χ2v) is 5.94. The van der Waals surface area contributed by atoms with Crippen LogP contribution in [0.5, 0.6) is 0 Å². The number of rotatable bonds is 10. The van der Waals surface area contributed by atoms with Gasteiger partial charge in [-0.1, -0.05) is 46.1 Å². The number of hydrogen-bond acceptors (Lipinski definition) is 3. The van der Waals surface area contributed by atoms with Crippen molar-refractivity contribution in [1.82, 2.24) is 0 Å². The molecule has 0 heterocycles. The smallest absolute Gasteiger partial charge is 0.379 e. The number of ether oxygens (including phenoxy) is 1. The van der Waals surface area contributed by atoms with Gasteiger partial charge in [0.05, 0.1) is 6.61 Å². The summed E-state index contributed by atoms with van der Waals surface area (Å²) in [6.07, 6.45) is 7.55. The van der Waals surface area contributed by atoms with E-state index in [1.165, 1.54) is 19.3 Å². The molecule has 3 nitrogen and oxygen atoms in total. The molecule has 0 fully saturated rings. The van der Waals surface area contributed by atoms with Crippen molar-refractivity contribution in [3.05, 3.63) is 11.6 Å². The third kappa shape index (κ3) is 8.89. The molecule has 0 radical (unpaired) electrons. The number of hydrogen-bond donors (Lipinski definition) is 0. The number of allylic oxidation sites excluding steroid dienone is 1. The Morgan fingerprint density at radius 2 is 1.75 bits per heavy atom. The highest BCUT2D eigenvalue weighted by Gasteiger charge is 2.16. The maximum atomic E-state index is 11.6. The Hall–Kier alpha value is -1.12. The van der Waals surface area contributed by atoms with E-state index >= 15 is 0 Å². The van der Waals surface area contributed by atoms with Crippen molar-refractivity contribution in [3.8, 4) is 0 Å². The van der Waals surface area contributed by atoms with E-state index in [0.29, 0.717) is 11.5 Å². The zero-order chi connectivity index (χ0) is 15.5. The highest BCUT2D eigenvalue weighted by atomic mass is 16.5. The Kier molecular flexibility index (Phi) is 10.0. The van der Waals surface area contributed by atoms with Crippen LogP contribution in [0.1, 0.15) is 66.7 Å². The van der Waals surface area contributed by atoms with Crippen LogP contribution in [0.3, 0.4) is 0 Å². The molecule has 0 amide bonds. The van der Waals surface area contributed by atoms with Crippen LogP contribution in [-0.4, -0.2) is 18.4 Å². The third-order valence-electron chi connectivity index (χ3n) is 3.41. The lowest BCUT2D eigenvalue weighted by atomic mass is 9.95. The van der Waals surface area contributed by atoms with Gasteiger partial charge in [0.25, 0.3) is 5.78 Å². The molecule has 0 aliphatic heterocycles. The van der Waals surface area contributed by atoms with Crippen LogP contribution in [0.2, 0.25) is 0 Å². The van der Waals surface area contributed by atoms with Crippen LogP contribution in [0.25, 0.3) is 0 Å². The monoisotopic (exact) mass is 282 g/mol. The van der Waals surface area contributed by atoms with Gasteiger partial charge in [0.1, 0.15) is 0 Å². The van der Waals surface area contributed by atoms with Gasteiger partial charge in [-0.05, 0) is 38.5 Å². The molecule has 0 spiro atoms. The van der Waals surface area contributed by atoms with Crippen molar-refractivity contribution < 1.29 is 14.3 Å². The molecule has 1 unspecified atom stereocenters. The minimum absolute atomic E-state index is 0.241. The van der Waals surface area contributed by atoms with E-state index in [4.69, 9.17) is 4.74 Å². The predicted molar refractivity (Wildman–Crippen MR) is 82.5 cm³/mol. The fourth-order valence-electron chi connectivity index (χ4n) is 2.05. The van der Waals surface area contributed by atoms with Gasteiger partial charge < -0.3 is 4.74 Å². The lowest BCUT2D eigenvalue weighted by molar-refractivity contribution is -0.151. The molecular weight excluding hydrogens is 252 g/mol. The van der Waals surface area contributed by atoms with Crippen LogP contribution in [0, 0.1) is 11.8 Å². The molecule has 0 aromatic rings. The quantitative estimate of drug-likeness (QED) is 0.341. The first kappa shape index (κ1) is 18.9. The zero-order valence-electron chi connectivity index (χ0n) is 13.7. The number of esters is 1. The average Bonchev–Trinajstić information content (AvgIpc) is 2.37. The van der Waals surface area contributed by atoms with Gasteiger partial charge in [-0.2, -0.15) is 0 Å². The van der Waals surface area contributed by atoms with Crippen LogP contribution in [0.15, 0.2) is 11.6 Å². The van der Waals surface area contributed by atoms with Crippen molar-refractivity contribution in [3.63, 3.8) is 0 Å². The van der Waals surface area contributed by atoms with Gasteiger partial charge >= 0.3 is 5.97 Å². The van der Waals surface area contributed by atoms with Crippen LogP contribution < -0.4 is 0 Å². The summed E-state index contributed by atoms with van der Waals surface area (Å²) in [5.74, 6) is 0.174. The molecule has 0 rings (SSSR count). The molecule has 0 aliphatic rings. The molecule has 0 aromatic heterocycles. The van der Waals surface area contributed by atoms with Gasteiger partial charge in [0.2, 0.25) is 0 Å². The molecule has 0 saturated carbocycles. The van der Waals surface area contributed by atoms with Gasteiger partial charge in [-0.25, -0.2) is 4.79 Å². The van der Waals surface area contributed by atoms with Crippen LogP contribution >= 0.6 is 0 Å². The second kappa shape index (κ2) is 10.6. The average molecular weight is 282 g/mol. The fraction of sp³-hybridized carbons (Fsp3) is 0.765. The summed E-state index contributed by atoms with van der Waals surface area (Å²) < 4.78 is 4.70. The molecular formula is C17H30O3. The first-order valence-corrected chi connectivity index (χ1v) is 7.76. The molecule has 3 heteroatoms. The number of ketones is 1. The van der Waals surface area contributed by atoms with Gasteiger partial charge in [-0.3, -0.25) is 4.79 Å². The number of carbonyl (C=O) groups is 2. The van der Waals surface area contributed by atoms with Gasteiger partial charge in [0.15, 0.2) is 0 Å². The third-order valence-corrected chi connectivity index (χ3v) is 3.41. The topological polar surface area (TPSA) is 43.4 Å². The summed E-state index contributed by atoms with van der Waals surface area (Å²) in [7, 11) is 0. The molecule has 0 bridgehead atoms. The standard InChI is InChI=1S/C17H30O3/c1-6-20-17(19)16(18)15(5)12-8-11-14(4)10-7-9-13(2)3/h12-14H,6-11H2,1-5H3. The summed E-state index contributed by atoms with van der Waals surface area (Å²) in [6.45, 7) is 10.4. The highest BCUT2D eigenvalue weighted by molar-refractivity contribution is 6.40. The van der Waals surface area contributed by atoms with Crippen molar-refractivity contribution in [2.75, 3.05) is 6.61 Å². The molecule has 0 aliphatic carbocycles. The van der Waals surface area contributed by atoms with Crippen molar-refractivity contribution >= 4 is 11.8 Å². The van der Waals surface area contributed by atoms with E-state index < -0.39 is 11.8 Å². The van der Waals surface area contributed by atoms with E-state index in [2.05, 4.69) is 20.8 Å². The van der Waals surface area contributed by atoms with Crippen LogP contribution in [-0.2, 0) is 14.3 Å². The summed E-state index contributed by atoms with van der Waals surface area (Å²) in [6, 6.07) is 0. The Bertz CT molecular complexity index is 329. The van der Waals surface area contributed by atoms with E-state index in [1.54, 1.807) is 13.8 Å². The summed E-state index contributed by atoms with van der Waals surface area (Å²) in [5, 5.41) is 0. The van der Waals surface area contributed by atoms with Gasteiger partial charge in [-0.15, -0.1) is 0 Å². The Morgan fingerprint density at radius 3 is 2.30 bits per heavy atom. The maximum absolute atomic E-state index is 11.6. The molecule has 1 atom stereocenters. The Morgan fingerprint density at radius 1 is 1.10 bits per heavy atom. The minimum Gasteiger partial charge on any atom is -0.460 e. The molecule has 0 saturated heterocycles.